The van der Waals surface area contributed by atoms with Crippen LogP contribution in [0.5, 0.6) is 0 Å². The van der Waals surface area contributed by atoms with E-state index in [0.717, 1.165) is 48.4 Å². The first-order valence-electron chi connectivity index (χ1n) is 6.86. The van der Waals surface area contributed by atoms with Crippen LogP contribution in [0.15, 0.2) is 30.3 Å². The quantitative estimate of drug-likeness (QED) is 0.795. The van der Waals surface area contributed by atoms with Gasteiger partial charge in [0.05, 0.1) is 5.52 Å². The Balaban J connectivity index is 2.05. The van der Waals surface area contributed by atoms with Crippen molar-refractivity contribution in [1.82, 2.24) is 9.88 Å². The van der Waals surface area contributed by atoms with Crippen molar-refractivity contribution in [1.29, 1.82) is 0 Å². The second-order valence-electron chi connectivity index (χ2n) is 4.57. The normalized spacial score (nSPS) is 11.1. The number of benzene rings is 1. The van der Waals surface area contributed by atoms with E-state index in [1.807, 2.05) is 30.3 Å². The van der Waals surface area contributed by atoms with Gasteiger partial charge in [0.1, 0.15) is 13.7 Å². The summed E-state index contributed by atoms with van der Waals surface area (Å²) in [6, 6.07) is 9.85. The van der Waals surface area contributed by atoms with Gasteiger partial charge in [0, 0.05) is 13.1 Å². The highest BCUT2D eigenvalue weighted by Gasteiger charge is 2.02. The van der Waals surface area contributed by atoms with E-state index in [1.165, 1.54) is 0 Å². The van der Waals surface area contributed by atoms with Crippen LogP contribution in [-0.2, 0) is 0 Å². The summed E-state index contributed by atoms with van der Waals surface area (Å²) in [4.78, 5) is 6.95. The Morgan fingerprint density at radius 3 is 2.68 bits per heavy atom. The standard InChI is InChI=1S/C15H20BN3/c1-3-19(4-2)10-9-17-15-11-13(16)12-7-5-6-8-14(12)18-15/h5-8,11H,3-4,9-10H2,1-2H3,(H,17,18). The first kappa shape index (κ1) is 13.9. The molecule has 98 valence electrons. The molecule has 1 N–H and O–H groups in total. The average Bonchev–Trinajstić information content (AvgIpc) is 2.44. The molecule has 3 nitrogen and oxygen atoms in total. The molecule has 1 heterocycles. The molecule has 4 heteroatoms. The van der Waals surface area contributed by atoms with Crippen LogP contribution in [0.1, 0.15) is 13.8 Å². The van der Waals surface area contributed by atoms with Crippen LogP contribution in [0.25, 0.3) is 10.9 Å². The molecule has 1 aromatic heterocycles. The van der Waals surface area contributed by atoms with Crippen molar-refractivity contribution in [2.75, 3.05) is 31.5 Å². The van der Waals surface area contributed by atoms with Crippen LogP contribution in [0.2, 0.25) is 0 Å². The fraction of sp³-hybridized carbons (Fsp3) is 0.400. The molecule has 0 bridgehead atoms. The lowest BCUT2D eigenvalue weighted by Gasteiger charge is -2.18. The number of pyridine rings is 1. The third-order valence-corrected chi connectivity index (χ3v) is 3.38. The van der Waals surface area contributed by atoms with Crippen LogP contribution in [0.3, 0.4) is 0 Å². The topological polar surface area (TPSA) is 28.2 Å². The molecule has 0 aliphatic rings. The summed E-state index contributed by atoms with van der Waals surface area (Å²) < 4.78 is 0. The van der Waals surface area contributed by atoms with Crippen molar-refractivity contribution in [3.05, 3.63) is 30.3 Å². The monoisotopic (exact) mass is 253 g/mol. The number of hydrogen-bond donors (Lipinski definition) is 1. The van der Waals surface area contributed by atoms with Crippen molar-refractivity contribution < 1.29 is 0 Å². The number of hydrogen-bond acceptors (Lipinski definition) is 3. The first-order valence-corrected chi connectivity index (χ1v) is 6.86. The van der Waals surface area contributed by atoms with E-state index in [0.29, 0.717) is 0 Å². The Morgan fingerprint density at radius 2 is 1.95 bits per heavy atom. The van der Waals surface area contributed by atoms with Gasteiger partial charge in [-0.15, -0.1) is 0 Å². The fourth-order valence-electron chi connectivity index (χ4n) is 2.17. The van der Waals surface area contributed by atoms with E-state index in [1.54, 1.807) is 0 Å². The summed E-state index contributed by atoms with van der Waals surface area (Å²) in [5.41, 5.74) is 1.71. The zero-order valence-electron chi connectivity index (χ0n) is 11.7. The minimum Gasteiger partial charge on any atom is -0.369 e. The molecular formula is C15H20BN3. The summed E-state index contributed by atoms with van der Waals surface area (Å²) >= 11 is 0. The smallest absolute Gasteiger partial charge is 0.126 e. The Labute approximate surface area is 116 Å². The van der Waals surface area contributed by atoms with Crippen molar-refractivity contribution in [3.8, 4) is 0 Å². The third kappa shape index (κ3) is 3.47. The highest BCUT2D eigenvalue weighted by molar-refractivity contribution is 6.38. The number of nitrogens with one attached hydrogen (secondary N) is 1. The van der Waals surface area contributed by atoms with E-state index in [-0.39, 0.29) is 0 Å². The molecular weight excluding hydrogens is 233 g/mol. The molecule has 19 heavy (non-hydrogen) atoms. The number of para-hydroxylation sites is 1. The minimum absolute atomic E-state index is 0.774. The van der Waals surface area contributed by atoms with Gasteiger partial charge < -0.3 is 10.2 Å². The largest absolute Gasteiger partial charge is 0.369 e. The molecule has 0 fully saturated rings. The van der Waals surface area contributed by atoms with Gasteiger partial charge >= 0.3 is 0 Å². The Bertz CT molecular complexity index is 538. The number of fused-ring (bicyclic) bond motifs is 1. The maximum Gasteiger partial charge on any atom is 0.126 e. The van der Waals surface area contributed by atoms with Gasteiger partial charge in [-0.05, 0) is 30.6 Å². The minimum atomic E-state index is 0.774. The molecule has 0 aliphatic heterocycles. The van der Waals surface area contributed by atoms with Crippen molar-refractivity contribution >= 4 is 30.0 Å². The fourth-order valence-corrected chi connectivity index (χ4v) is 2.17. The molecule has 0 saturated carbocycles. The number of aromatic nitrogens is 1. The molecule has 0 unspecified atom stereocenters. The van der Waals surface area contributed by atoms with Gasteiger partial charge in [-0.2, -0.15) is 0 Å². The lowest BCUT2D eigenvalue weighted by atomic mass is 9.92. The maximum absolute atomic E-state index is 6.05. The summed E-state index contributed by atoms with van der Waals surface area (Å²) in [5.74, 6) is 0.850. The summed E-state index contributed by atoms with van der Waals surface area (Å²) in [7, 11) is 6.05. The lowest BCUT2D eigenvalue weighted by Crippen LogP contribution is -2.29. The Kier molecular flexibility index (Phi) is 4.80. The summed E-state index contributed by atoms with van der Waals surface area (Å²) in [6.07, 6.45) is 0. The summed E-state index contributed by atoms with van der Waals surface area (Å²) in [6.45, 7) is 8.40. The van der Waals surface area contributed by atoms with Gasteiger partial charge in [0.2, 0.25) is 0 Å². The first-order chi connectivity index (χ1) is 9.24. The number of likely N-dealkylation sites (N-methyl/N-ethyl adjacent to an activating group) is 1. The lowest BCUT2D eigenvalue weighted by molar-refractivity contribution is 0.316. The van der Waals surface area contributed by atoms with Gasteiger partial charge in [-0.1, -0.05) is 37.5 Å². The van der Waals surface area contributed by atoms with Crippen LogP contribution in [0, 0.1) is 0 Å². The van der Waals surface area contributed by atoms with E-state index >= 15 is 0 Å². The van der Waals surface area contributed by atoms with Gasteiger partial charge in [0.15, 0.2) is 0 Å². The van der Waals surface area contributed by atoms with E-state index < -0.39 is 0 Å². The zero-order valence-corrected chi connectivity index (χ0v) is 11.7. The predicted molar refractivity (Wildman–Crippen MR) is 83.4 cm³/mol. The molecule has 0 amide bonds. The Hall–Kier alpha value is -1.55. The highest BCUT2D eigenvalue weighted by Crippen LogP contribution is 2.11. The van der Waals surface area contributed by atoms with Gasteiger partial charge in [-0.3, -0.25) is 0 Å². The van der Waals surface area contributed by atoms with Crippen LogP contribution >= 0.6 is 0 Å². The molecule has 2 aromatic rings. The number of rotatable bonds is 6. The third-order valence-electron chi connectivity index (χ3n) is 3.38. The highest BCUT2D eigenvalue weighted by atomic mass is 15.1. The molecule has 1 aromatic carbocycles. The molecule has 0 aliphatic carbocycles. The maximum atomic E-state index is 6.05. The molecule has 0 spiro atoms. The molecule has 2 radical (unpaired) electrons. The van der Waals surface area contributed by atoms with Crippen molar-refractivity contribution in [3.63, 3.8) is 0 Å². The van der Waals surface area contributed by atoms with Crippen molar-refractivity contribution in [2.24, 2.45) is 0 Å². The van der Waals surface area contributed by atoms with E-state index in [9.17, 15) is 0 Å². The van der Waals surface area contributed by atoms with E-state index in [4.69, 9.17) is 7.85 Å². The predicted octanol–water partition coefficient (Wildman–Crippen LogP) is 1.78. The number of anilines is 1. The number of nitrogens with zero attached hydrogens (tertiary/aromatic N) is 2. The van der Waals surface area contributed by atoms with E-state index in [2.05, 4.69) is 29.0 Å². The SMILES string of the molecule is [B]c1cc(NCCN(CC)CC)nc2ccccc12. The van der Waals surface area contributed by atoms with Crippen molar-refractivity contribution in [2.45, 2.75) is 13.8 Å². The van der Waals surface area contributed by atoms with Crippen LogP contribution in [-0.4, -0.2) is 43.9 Å². The molecule has 0 atom stereocenters. The van der Waals surface area contributed by atoms with Crippen LogP contribution < -0.4 is 10.8 Å². The average molecular weight is 253 g/mol. The molecule has 2 rings (SSSR count). The zero-order chi connectivity index (χ0) is 13.7. The van der Waals surface area contributed by atoms with Crippen LogP contribution in [0.4, 0.5) is 5.82 Å². The second-order valence-corrected chi connectivity index (χ2v) is 4.57. The second kappa shape index (κ2) is 6.57. The van der Waals surface area contributed by atoms with Gasteiger partial charge in [0.25, 0.3) is 0 Å². The summed E-state index contributed by atoms with van der Waals surface area (Å²) in [5, 5.41) is 4.35. The molecule has 0 saturated heterocycles. The van der Waals surface area contributed by atoms with Gasteiger partial charge in [-0.25, -0.2) is 4.98 Å². The Morgan fingerprint density at radius 1 is 1.21 bits per heavy atom.